The number of benzene rings is 1. The molecule has 1 rings (SSSR count). The summed E-state index contributed by atoms with van der Waals surface area (Å²) in [5.74, 6) is -0.0968. The second kappa shape index (κ2) is 7.63. The van der Waals surface area contributed by atoms with E-state index in [1.807, 2.05) is 6.92 Å². The molecule has 0 atom stereocenters. The molecule has 1 aromatic carbocycles. The van der Waals surface area contributed by atoms with E-state index >= 15 is 0 Å². The molecule has 1 aromatic rings. The Morgan fingerprint density at radius 2 is 1.94 bits per heavy atom. The molecule has 0 aliphatic rings. The molecular weight excluding hydrogens is 205 g/mol. The van der Waals surface area contributed by atoms with E-state index in [-0.39, 0.29) is 11.7 Å². The monoisotopic (exact) mass is 223 g/mol. The van der Waals surface area contributed by atoms with Crippen LogP contribution in [0.25, 0.3) is 0 Å². The smallest absolute Gasteiger partial charge is 0.219 e. The average molecular weight is 223 g/mol. The van der Waals surface area contributed by atoms with E-state index in [1.54, 1.807) is 30.2 Å². The van der Waals surface area contributed by atoms with Crippen molar-refractivity contribution in [1.29, 1.82) is 0 Å². The summed E-state index contributed by atoms with van der Waals surface area (Å²) in [5, 5.41) is 0. The maximum Gasteiger partial charge on any atom is 0.219 e. The predicted molar refractivity (Wildman–Crippen MR) is 64.6 cm³/mol. The van der Waals surface area contributed by atoms with Gasteiger partial charge in [0.05, 0.1) is 0 Å². The van der Waals surface area contributed by atoms with Gasteiger partial charge in [0.1, 0.15) is 5.82 Å². The lowest BCUT2D eigenvalue weighted by molar-refractivity contribution is -0.127. The number of hydrogen-bond donors (Lipinski definition) is 0. The third-order valence-electron chi connectivity index (χ3n) is 1.95. The van der Waals surface area contributed by atoms with Crippen molar-refractivity contribution in [2.24, 2.45) is 0 Å². The maximum absolute atomic E-state index is 12.1. The normalized spacial score (nSPS) is 8.75. The van der Waals surface area contributed by atoms with Crippen molar-refractivity contribution in [2.75, 3.05) is 13.6 Å². The summed E-state index contributed by atoms with van der Waals surface area (Å²) in [6.07, 6.45) is 1.70. The van der Waals surface area contributed by atoms with E-state index < -0.39 is 0 Å². The van der Waals surface area contributed by atoms with Crippen molar-refractivity contribution >= 4 is 5.91 Å². The summed E-state index contributed by atoms with van der Waals surface area (Å²) in [6.45, 7) is 7.58. The third kappa shape index (κ3) is 6.76. The number of amides is 1. The Bertz CT molecular complexity index is 311. The van der Waals surface area contributed by atoms with Crippen molar-refractivity contribution in [3.8, 4) is 0 Å². The Labute approximate surface area is 96.4 Å². The van der Waals surface area contributed by atoms with E-state index in [2.05, 4.69) is 6.58 Å². The van der Waals surface area contributed by atoms with Gasteiger partial charge in [0, 0.05) is 20.5 Å². The van der Waals surface area contributed by atoms with E-state index in [0.717, 1.165) is 5.56 Å². The number of halogens is 1. The highest BCUT2D eigenvalue weighted by Gasteiger charge is 1.95. The number of likely N-dealkylation sites (N-methyl/N-ethyl adjacent to an activating group) is 1. The Balaban J connectivity index is 0.000000281. The van der Waals surface area contributed by atoms with Gasteiger partial charge in [-0.25, -0.2) is 4.39 Å². The molecule has 0 spiro atoms. The van der Waals surface area contributed by atoms with Crippen LogP contribution in [0, 0.1) is 12.7 Å². The van der Waals surface area contributed by atoms with Gasteiger partial charge in [-0.15, -0.1) is 6.58 Å². The van der Waals surface area contributed by atoms with E-state index in [0.29, 0.717) is 6.54 Å². The average Bonchev–Trinajstić information content (AvgIpc) is 2.24. The summed E-state index contributed by atoms with van der Waals surface area (Å²) in [4.78, 5) is 12.0. The van der Waals surface area contributed by atoms with Crippen molar-refractivity contribution in [3.63, 3.8) is 0 Å². The van der Waals surface area contributed by atoms with Crippen LogP contribution in [-0.4, -0.2) is 24.4 Å². The zero-order chi connectivity index (χ0) is 12.6. The van der Waals surface area contributed by atoms with E-state index in [1.165, 1.54) is 19.1 Å². The fourth-order valence-corrected chi connectivity index (χ4v) is 0.855. The maximum atomic E-state index is 12.1. The number of rotatable bonds is 2. The molecule has 1 amide bonds. The van der Waals surface area contributed by atoms with Gasteiger partial charge in [-0.1, -0.05) is 23.8 Å². The Kier molecular flexibility index (Phi) is 6.84. The first kappa shape index (κ1) is 14.4. The van der Waals surface area contributed by atoms with Crippen LogP contribution in [0.3, 0.4) is 0 Å². The van der Waals surface area contributed by atoms with Crippen LogP contribution in [0.4, 0.5) is 4.39 Å². The van der Waals surface area contributed by atoms with Gasteiger partial charge in [0.15, 0.2) is 0 Å². The summed E-state index contributed by atoms with van der Waals surface area (Å²) in [6, 6.07) is 6.40. The molecule has 0 saturated carbocycles. The molecule has 0 heterocycles. The Morgan fingerprint density at radius 3 is 2.19 bits per heavy atom. The molecule has 88 valence electrons. The quantitative estimate of drug-likeness (QED) is 0.706. The minimum Gasteiger partial charge on any atom is -0.342 e. The zero-order valence-corrected chi connectivity index (χ0v) is 10.0. The van der Waals surface area contributed by atoms with Crippen LogP contribution in [0.1, 0.15) is 12.5 Å². The molecule has 2 nitrogen and oxygen atoms in total. The first-order valence-corrected chi connectivity index (χ1v) is 5.02. The first-order chi connectivity index (χ1) is 7.47. The van der Waals surface area contributed by atoms with Crippen molar-refractivity contribution < 1.29 is 9.18 Å². The van der Waals surface area contributed by atoms with E-state index in [4.69, 9.17) is 0 Å². The van der Waals surface area contributed by atoms with Gasteiger partial charge in [-0.3, -0.25) is 4.79 Å². The molecular formula is C13H18FNO. The van der Waals surface area contributed by atoms with Crippen LogP contribution in [0.15, 0.2) is 36.9 Å². The summed E-state index contributed by atoms with van der Waals surface area (Å²) in [7, 11) is 1.74. The van der Waals surface area contributed by atoms with Gasteiger partial charge >= 0.3 is 0 Å². The van der Waals surface area contributed by atoms with Crippen LogP contribution in [0.5, 0.6) is 0 Å². The lowest BCUT2D eigenvalue weighted by Gasteiger charge is -2.09. The van der Waals surface area contributed by atoms with Crippen molar-refractivity contribution in [3.05, 3.63) is 48.3 Å². The molecule has 0 radical (unpaired) electrons. The summed E-state index contributed by atoms with van der Waals surface area (Å²) in [5.41, 5.74) is 1.09. The van der Waals surface area contributed by atoms with Gasteiger partial charge < -0.3 is 4.90 Å². The SMILES string of the molecule is C=CCN(C)C(C)=O.Cc1ccc(F)cc1. The zero-order valence-electron chi connectivity index (χ0n) is 10.0. The van der Waals surface area contributed by atoms with Gasteiger partial charge in [0.2, 0.25) is 5.91 Å². The van der Waals surface area contributed by atoms with Crippen LogP contribution >= 0.6 is 0 Å². The minimum absolute atomic E-state index is 0.0740. The van der Waals surface area contributed by atoms with Crippen LogP contribution in [-0.2, 0) is 4.79 Å². The standard InChI is InChI=1S/C7H7F.C6H11NO/c1-6-2-4-7(8)5-3-6;1-4-5-7(3)6(2)8/h2-5H,1H3;4H,1,5H2,2-3H3. The molecule has 3 heteroatoms. The molecule has 0 fully saturated rings. The Morgan fingerprint density at radius 1 is 1.44 bits per heavy atom. The van der Waals surface area contributed by atoms with E-state index in [9.17, 15) is 9.18 Å². The molecule has 16 heavy (non-hydrogen) atoms. The number of aryl methyl sites for hydroxylation is 1. The lowest BCUT2D eigenvalue weighted by Crippen LogP contribution is -2.23. The molecule has 0 aliphatic heterocycles. The fraction of sp³-hybridized carbons (Fsp3) is 0.308. The van der Waals surface area contributed by atoms with Crippen molar-refractivity contribution in [2.45, 2.75) is 13.8 Å². The second-order valence-corrected chi connectivity index (χ2v) is 3.48. The molecule has 0 saturated heterocycles. The van der Waals surface area contributed by atoms with Gasteiger partial charge in [-0.2, -0.15) is 0 Å². The molecule has 0 N–H and O–H groups in total. The first-order valence-electron chi connectivity index (χ1n) is 5.02. The molecule has 0 aliphatic carbocycles. The number of nitrogens with zero attached hydrogens (tertiary/aromatic N) is 1. The lowest BCUT2D eigenvalue weighted by atomic mass is 10.2. The summed E-state index contributed by atoms with van der Waals surface area (Å²) < 4.78 is 12.1. The fourth-order valence-electron chi connectivity index (χ4n) is 0.855. The highest BCUT2D eigenvalue weighted by atomic mass is 19.1. The van der Waals surface area contributed by atoms with Gasteiger partial charge in [0.25, 0.3) is 0 Å². The molecule has 0 unspecified atom stereocenters. The number of carbonyl (C=O) groups excluding carboxylic acids is 1. The molecule has 0 bridgehead atoms. The minimum atomic E-state index is -0.171. The van der Waals surface area contributed by atoms with Gasteiger partial charge in [-0.05, 0) is 19.1 Å². The number of carbonyl (C=O) groups is 1. The Hall–Kier alpha value is -1.64. The number of hydrogen-bond acceptors (Lipinski definition) is 1. The van der Waals surface area contributed by atoms with Crippen LogP contribution < -0.4 is 0 Å². The second-order valence-electron chi connectivity index (χ2n) is 3.48. The largest absolute Gasteiger partial charge is 0.342 e. The summed E-state index contributed by atoms with van der Waals surface area (Å²) >= 11 is 0. The predicted octanol–water partition coefficient (Wildman–Crippen LogP) is 2.78. The molecule has 0 aromatic heterocycles. The topological polar surface area (TPSA) is 20.3 Å². The third-order valence-corrected chi connectivity index (χ3v) is 1.95. The highest BCUT2D eigenvalue weighted by molar-refractivity contribution is 5.72. The van der Waals surface area contributed by atoms with Crippen LogP contribution in [0.2, 0.25) is 0 Å². The van der Waals surface area contributed by atoms with Crippen molar-refractivity contribution in [1.82, 2.24) is 4.90 Å². The highest BCUT2D eigenvalue weighted by Crippen LogP contribution is 1.98.